The molecule has 1 saturated heterocycles. The number of piperidine rings is 1. The number of aliphatic hydroxyl groups is 1. The average molecular weight is 311 g/mol. The maximum absolute atomic E-state index is 11.8. The van der Waals surface area contributed by atoms with E-state index in [4.69, 9.17) is 0 Å². The van der Waals surface area contributed by atoms with Gasteiger partial charge in [0.25, 0.3) is 0 Å². The molecule has 0 spiro atoms. The molecule has 2 fully saturated rings. The minimum atomic E-state index is -0.229. The van der Waals surface area contributed by atoms with Crippen LogP contribution in [0, 0.1) is 5.92 Å². The van der Waals surface area contributed by atoms with Crippen LogP contribution in [0.2, 0.25) is 0 Å². The van der Waals surface area contributed by atoms with Crippen molar-refractivity contribution in [2.75, 3.05) is 32.7 Å². The number of hydrogen-bond donors (Lipinski definition) is 3. The zero-order chi connectivity index (χ0) is 15.8. The number of β-amino-alcohol motifs (C(OH)–C–C–N with tert-alkyl or cyclic N) is 1. The summed E-state index contributed by atoms with van der Waals surface area (Å²) in [4.78, 5) is 14.2. The zero-order valence-corrected chi connectivity index (χ0v) is 14.0. The normalized spacial score (nSPS) is 22.8. The molecule has 0 aromatic heterocycles. The van der Waals surface area contributed by atoms with Gasteiger partial charge in [0.15, 0.2) is 0 Å². The summed E-state index contributed by atoms with van der Waals surface area (Å²) in [7, 11) is 0. The molecule has 0 radical (unpaired) electrons. The van der Waals surface area contributed by atoms with Crippen molar-refractivity contribution in [3.63, 3.8) is 0 Å². The Balaban J connectivity index is 1.48. The summed E-state index contributed by atoms with van der Waals surface area (Å²) in [5.41, 5.74) is 0. The van der Waals surface area contributed by atoms with Crippen LogP contribution in [0.25, 0.3) is 0 Å². The van der Waals surface area contributed by atoms with Gasteiger partial charge in [0.2, 0.25) is 5.91 Å². The van der Waals surface area contributed by atoms with E-state index in [1.54, 1.807) is 0 Å². The number of aliphatic hydroxyl groups excluding tert-OH is 1. The van der Waals surface area contributed by atoms with Gasteiger partial charge < -0.3 is 20.6 Å². The molecule has 2 rings (SSSR count). The summed E-state index contributed by atoms with van der Waals surface area (Å²) in [5.74, 6) is 0.911. The van der Waals surface area contributed by atoms with E-state index >= 15 is 0 Å². The molecular formula is C17H33N3O2. The third-order valence-corrected chi connectivity index (χ3v) is 4.91. The molecule has 0 unspecified atom stereocenters. The molecule has 22 heavy (non-hydrogen) atoms. The summed E-state index contributed by atoms with van der Waals surface area (Å²) in [6, 6.07) is 0.436. The summed E-state index contributed by atoms with van der Waals surface area (Å²) < 4.78 is 0. The molecule has 1 atom stereocenters. The topological polar surface area (TPSA) is 64.6 Å². The number of likely N-dealkylation sites (tertiary alicyclic amines) is 1. The molecule has 5 nitrogen and oxygen atoms in total. The highest BCUT2D eigenvalue weighted by atomic mass is 16.3. The van der Waals surface area contributed by atoms with Gasteiger partial charge in [-0.2, -0.15) is 0 Å². The van der Waals surface area contributed by atoms with Crippen molar-refractivity contribution in [3.05, 3.63) is 0 Å². The van der Waals surface area contributed by atoms with E-state index in [0.717, 1.165) is 45.6 Å². The van der Waals surface area contributed by atoms with Gasteiger partial charge in [-0.15, -0.1) is 0 Å². The lowest BCUT2D eigenvalue weighted by atomic mass is 9.96. The van der Waals surface area contributed by atoms with Gasteiger partial charge in [0.05, 0.1) is 6.10 Å². The van der Waals surface area contributed by atoms with Gasteiger partial charge in [0.1, 0.15) is 0 Å². The largest absolute Gasteiger partial charge is 0.392 e. The number of nitrogens with one attached hydrogen (secondary N) is 2. The second-order valence-corrected chi connectivity index (χ2v) is 7.10. The quantitative estimate of drug-likeness (QED) is 0.588. The lowest BCUT2D eigenvalue weighted by molar-refractivity contribution is -0.121. The third-order valence-electron chi connectivity index (χ3n) is 4.91. The van der Waals surface area contributed by atoms with E-state index in [-0.39, 0.29) is 12.0 Å². The highest BCUT2D eigenvalue weighted by Gasteiger charge is 2.20. The summed E-state index contributed by atoms with van der Waals surface area (Å²) in [6.07, 6.45) is 7.58. The number of carbonyl (C=O) groups is 1. The standard InChI is InChI=1S/C17H33N3O2/c1-14(21)13-20-10-7-15(8-11-20)12-18-9-6-17(22)19-16-4-2-3-5-16/h14-16,18,21H,2-13H2,1H3,(H,19,22)/t14-/m1/s1. The fourth-order valence-corrected chi connectivity index (χ4v) is 3.62. The first-order valence-corrected chi connectivity index (χ1v) is 9.04. The maximum atomic E-state index is 11.8. The molecule has 5 heteroatoms. The zero-order valence-electron chi connectivity index (χ0n) is 14.0. The first kappa shape index (κ1) is 17.7. The molecule has 3 N–H and O–H groups in total. The van der Waals surface area contributed by atoms with Gasteiger partial charge in [0, 0.05) is 25.6 Å². The van der Waals surface area contributed by atoms with Crippen LogP contribution in [0.5, 0.6) is 0 Å². The van der Waals surface area contributed by atoms with Crippen LogP contribution >= 0.6 is 0 Å². The number of nitrogens with zero attached hydrogens (tertiary/aromatic N) is 1. The van der Waals surface area contributed by atoms with E-state index in [0.29, 0.717) is 18.4 Å². The maximum Gasteiger partial charge on any atom is 0.221 e. The molecular weight excluding hydrogens is 278 g/mol. The van der Waals surface area contributed by atoms with Crippen molar-refractivity contribution in [1.29, 1.82) is 0 Å². The molecule has 1 aliphatic carbocycles. The van der Waals surface area contributed by atoms with Gasteiger partial charge in [-0.25, -0.2) is 0 Å². The van der Waals surface area contributed by atoms with Crippen molar-refractivity contribution in [1.82, 2.24) is 15.5 Å². The van der Waals surface area contributed by atoms with Crippen LogP contribution in [0.1, 0.15) is 51.9 Å². The molecule has 0 aromatic rings. The highest BCUT2D eigenvalue weighted by molar-refractivity contribution is 5.76. The van der Waals surface area contributed by atoms with E-state index in [2.05, 4.69) is 15.5 Å². The molecule has 0 aromatic carbocycles. The van der Waals surface area contributed by atoms with Crippen LogP contribution in [-0.2, 0) is 4.79 Å². The molecule has 0 bridgehead atoms. The molecule has 2 aliphatic rings. The summed E-state index contributed by atoms with van der Waals surface area (Å²) in [5, 5.41) is 16.0. The Labute approximate surface area is 134 Å². The molecule has 1 aliphatic heterocycles. The van der Waals surface area contributed by atoms with Gasteiger partial charge in [-0.05, 0) is 58.2 Å². The fraction of sp³-hybridized carbons (Fsp3) is 0.941. The lowest BCUT2D eigenvalue weighted by Gasteiger charge is -2.32. The fourth-order valence-electron chi connectivity index (χ4n) is 3.62. The predicted molar refractivity (Wildman–Crippen MR) is 88.7 cm³/mol. The van der Waals surface area contributed by atoms with Gasteiger partial charge >= 0.3 is 0 Å². The van der Waals surface area contributed by atoms with E-state index in [1.807, 2.05) is 6.92 Å². The van der Waals surface area contributed by atoms with Crippen molar-refractivity contribution in [2.45, 2.75) is 64.0 Å². The number of amides is 1. The minimum absolute atomic E-state index is 0.200. The number of rotatable bonds is 8. The Morgan fingerprint density at radius 2 is 1.91 bits per heavy atom. The van der Waals surface area contributed by atoms with E-state index in [1.165, 1.54) is 25.7 Å². The Morgan fingerprint density at radius 1 is 1.23 bits per heavy atom. The van der Waals surface area contributed by atoms with E-state index in [9.17, 15) is 9.90 Å². The average Bonchev–Trinajstić information content (AvgIpc) is 2.97. The Bertz CT molecular complexity index is 322. The molecule has 1 amide bonds. The van der Waals surface area contributed by atoms with Crippen molar-refractivity contribution < 1.29 is 9.90 Å². The van der Waals surface area contributed by atoms with Crippen LogP contribution in [0.3, 0.4) is 0 Å². The van der Waals surface area contributed by atoms with Crippen LogP contribution in [0.15, 0.2) is 0 Å². The Morgan fingerprint density at radius 3 is 2.55 bits per heavy atom. The smallest absolute Gasteiger partial charge is 0.221 e. The molecule has 1 heterocycles. The van der Waals surface area contributed by atoms with E-state index < -0.39 is 0 Å². The monoisotopic (exact) mass is 311 g/mol. The predicted octanol–water partition coefficient (Wildman–Crippen LogP) is 1.12. The van der Waals surface area contributed by atoms with Gasteiger partial charge in [-0.1, -0.05) is 12.8 Å². The Kier molecular flexibility index (Phi) is 7.63. The highest BCUT2D eigenvalue weighted by Crippen LogP contribution is 2.18. The first-order valence-electron chi connectivity index (χ1n) is 9.04. The first-order chi connectivity index (χ1) is 10.6. The van der Waals surface area contributed by atoms with Crippen LogP contribution < -0.4 is 10.6 Å². The van der Waals surface area contributed by atoms with Crippen molar-refractivity contribution in [2.24, 2.45) is 5.92 Å². The van der Waals surface area contributed by atoms with Crippen molar-refractivity contribution in [3.8, 4) is 0 Å². The lowest BCUT2D eigenvalue weighted by Crippen LogP contribution is -2.41. The second-order valence-electron chi connectivity index (χ2n) is 7.10. The van der Waals surface area contributed by atoms with Crippen molar-refractivity contribution >= 4 is 5.91 Å². The summed E-state index contributed by atoms with van der Waals surface area (Å²) in [6.45, 7) is 6.61. The molecule has 128 valence electrons. The second kappa shape index (κ2) is 9.48. The van der Waals surface area contributed by atoms with Gasteiger partial charge in [-0.3, -0.25) is 4.79 Å². The SMILES string of the molecule is C[C@@H](O)CN1CCC(CNCCC(=O)NC2CCCC2)CC1. The Hall–Kier alpha value is -0.650. The van der Waals surface area contributed by atoms with Crippen LogP contribution in [-0.4, -0.2) is 60.8 Å². The minimum Gasteiger partial charge on any atom is -0.392 e. The number of carbonyl (C=O) groups excluding carboxylic acids is 1. The third kappa shape index (κ3) is 6.63. The summed E-state index contributed by atoms with van der Waals surface area (Å²) >= 11 is 0. The number of hydrogen-bond acceptors (Lipinski definition) is 4. The van der Waals surface area contributed by atoms with Crippen LogP contribution in [0.4, 0.5) is 0 Å². The molecule has 1 saturated carbocycles.